The first-order valence-corrected chi connectivity index (χ1v) is 5.63. The third-order valence-corrected chi connectivity index (χ3v) is 3.02. The number of nitrogens with one attached hydrogen (secondary N) is 1. The Bertz CT molecular complexity index is 413. The summed E-state index contributed by atoms with van der Waals surface area (Å²) in [6, 6.07) is 8.05. The summed E-state index contributed by atoms with van der Waals surface area (Å²) in [7, 11) is 1.41. The second-order valence-corrected chi connectivity index (χ2v) is 4.49. The van der Waals surface area contributed by atoms with Crippen molar-refractivity contribution in [2.75, 3.05) is 32.2 Å². The largest absolute Gasteiger partial charge is 0.468 e. The van der Waals surface area contributed by atoms with E-state index in [1.54, 1.807) is 0 Å². The number of benzene rings is 1. The van der Waals surface area contributed by atoms with Crippen LogP contribution in [0.3, 0.4) is 0 Å². The molecule has 0 spiro atoms. The van der Waals surface area contributed by atoms with Crippen LogP contribution in [0.5, 0.6) is 0 Å². The van der Waals surface area contributed by atoms with Crippen LogP contribution in [0.15, 0.2) is 24.3 Å². The van der Waals surface area contributed by atoms with Gasteiger partial charge in [0.05, 0.1) is 20.3 Å². The summed E-state index contributed by atoms with van der Waals surface area (Å²) in [5.74, 6) is -0.205. The molecule has 4 heteroatoms. The summed E-state index contributed by atoms with van der Waals surface area (Å²) in [6.45, 7) is 3.44. The molecule has 0 radical (unpaired) electrons. The lowest BCUT2D eigenvalue weighted by Gasteiger charge is -2.38. The Kier molecular flexibility index (Phi) is 3.33. The van der Waals surface area contributed by atoms with Crippen LogP contribution in [-0.4, -0.2) is 32.8 Å². The zero-order valence-electron chi connectivity index (χ0n) is 10.2. The van der Waals surface area contributed by atoms with E-state index in [1.165, 1.54) is 12.7 Å². The van der Waals surface area contributed by atoms with Crippen LogP contribution in [0.4, 0.5) is 5.69 Å². The zero-order chi connectivity index (χ0) is 12.3. The highest BCUT2D eigenvalue weighted by Crippen LogP contribution is 2.29. The molecule has 0 aliphatic carbocycles. The molecule has 0 atom stereocenters. The lowest BCUT2D eigenvalue weighted by atomic mass is 9.86. The first-order valence-electron chi connectivity index (χ1n) is 5.63. The Labute approximate surface area is 101 Å². The number of aryl methyl sites for hydroxylation is 1. The van der Waals surface area contributed by atoms with E-state index in [4.69, 9.17) is 9.47 Å². The Morgan fingerprint density at radius 3 is 2.82 bits per heavy atom. The van der Waals surface area contributed by atoms with Gasteiger partial charge in [0.25, 0.3) is 0 Å². The van der Waals surface area contributed by atoms with Crippen LogP contribution in [0.1, 0.15) is 5.56 Å². The minimum Gasteiger partial charge on any atom is -0.468 e. The van der Waals surface area contributed by atoms with Crippen molar-refractivity contribution in [1.82, 2.24) is 0 Å². The van der Waals surface area contributed by atoms with Crippen LogP contribution in [0.25, 0.3) is 0 Å². The van der Waals surface area contributed by atoms with Gasteiger partial charge in [-0.15, -0.1) is 0 Å². The molecule has 17 heavy (non-hydrogen) atoms. The number of hydrogen-bond acceptors (Lipinski definition) is 4. The highest BCUT2D eigenvalue weighted by Gasteiger charge is 2.47. The summed E-state index contributed by atoms with van der Waals surface area (Å²) in [5.41, 5.74) is 1.69. The normalized spacial score (nSPS) is 17.1. The molecule has 0 amide bonds. The number of carbonyl (C=O) groups excluding carboxylic acids is 1. The molecule has 0 aromatic heterocycles. The molecular formula is C13H17NO3. The van der Waals surface area contributed by atoms with Crippen molar-refractivity contribution in [2.45, 2.75) is 6.92 Å². The first kappa shape index (κ1) is 11.9. The number of ether oxygens (including phenoxy) is 2. The van der Waals surface area contributed by atoms with E-state index in [0.717, 1.165) is 5.69 Å². The highest BCUT2D eigenvalue weighted by atomic mass is 16.5. The van der Waals surface area contributed by atoms with Gasteiger partial charge in [-0.1, -0.05) is 12.1 Å². The Morgan fingerprint density at radius 2 is 2.29 bits per heavy atom. The molecule has 1 N–H and O–H groups in total. The molecule has 4 nitrogen and oxygen atoms in total. The second kappa shape index (κ2) is 4.75. The van der Waals surface area contributed by atoms with E-state index in [9.17, 15) is 4.79 Å². The fraction of sp³-hybridized carbons (Fsp3) is 0.462. The monoisotopic (exact) mass is 235 g/mol. The Balaban J connectivity index is 1.99. The topological polar surface area (TPSA) is 47.6 Å². The quantitative estimate of drug-likeness (QED) is 0.805. The standard InChI is InChI=1S/C13H17NO3/c1-10-4-3-5-11(6-10)14-7-13(8-17-9-13)12(15)16-2/h3-6,14H,7-9H2,1-2H3. The average Bonchev–Trinajstić information content (AvgIpc) is 2.27. The van der Waals surface area contributed by atoms with Gasteiger partial charge >= 0.3 is 5.97 Å². The van der Waals surface area contributed by atoms with Crippen LogP contribution in [0, 0.1) is 12.3 Å². The number of carbonyl (C=O) groups is 1. The van der Waals surface area contributed by atoms with Gasteiger partial charge in [-0.25, -0.2) is 0 Å². The number of esters is 1. The summed E-state index contributed by atoms with van der Waals surface area (Å²) in [6.07, 6.45) is 0. The summed E-state index contributed by atoms with van der Waals surface area (Å²) in [5, 5.41) is 3.26. The Hall–Kier alpha value is -1.55. The predicted octanol–water partition coefficient (Wildman–Crippen LogP) is 1.60. The van der Waals surface area contributed by atoms with Crippen LogP contribution in [0.2, 0.25) is 0 Å². The van der Waals surface area contributed by atoms with Crippen molar-refractivity contribution in [3.05, 3.63) is 29.8 Å². The fourth-order valence-electron chi connectivity index (χ4n) is 1.88. The third-order valence-electron chi connectivity index (χ3n) is 3.02. The Morgan fingerprint density at radius 1 is 1.53 bits per heavy atom. The van der Waals surface area contributed by atoms with Crippen molar-refractivity contribution < 1.29 is 14.3 Å². The van der Waals surface area contributed by atoms with Crippen LogP contribution >= 0.6 is 0 Å². The maximum atomic E-state index is 11.7. The smallest absolute Gasteiger partial charge is 0.318 e. The molecule has 1 aliphatic heterocycles. The summed E-state index contributed by atoms with van der Waals surface area (Å²) in [4.78, 5) is 11.7. The van der Waals surface area contributed by atoms with Gasteiger partial charge in [0.2, 0.25) is 0 Å². The molecule has 1 aromatic carbocycles. The summed E-state index contributed by atoms with van der Waals surface area (Å²) >= 11 is 0. The van der Waals surface area contributed by atoms with Crippen molar-refractivity contribution in [3.8, 4) is 0 Å². The molecule has 1 fully saturated rings. The van der Waals surface area contributed by atoms with E-state index in [-0.39, 0.29) is 5.97 Å². The summed E-state index contributed by atoms with van der Waals surface area (Å²) < 4.78 is 9.94. The van der Waals surface area contributed by atoms with E-state index < -0.39 is 5.41 Å². The molecule has 0 bridgehead atoms. The SMILES string of the molecule is COC(=O)C1(CNc2cccc(C)c2)COC1. The molecular weight excluding hydrogens is 218 g/mol. The van der Waals surface area contributed by atoms with E-state index >= 15 is 0 Å². The lowest BCUT2D eigenvalue weighted by Crippen LogP contribution is -2.54. The molecule has 0 unspecified atom stereocenters. The minimum atomic E-state index is -0.515. The van der Waals surface area contributed by atoms with Gasteiger partial charge in [0, 0.05) is 12.2 Å². The molecule has 1 heterocycles. The molecule has 92 valence electrons. The van der Waals surface area contributed by atoms with Crippen molar-refractivity contribution in [1.29, 1.82) is 0 Å². The first-order chi connectivity index (χ1) is 8.16. The number of rotatable bonds is 4. The van der Waals surface area contributed by atoms with E-state index in [2.05, 4.69) is 5.32 Å². The minimum absolute atomic E-state index is 0.205. The maximum absolute atomic E-state index is 11.7. The maximum Gasteiger partial charge on any atom is 0.318 e. The van der Waals surface area contributed by atoms with Crippen molar-refractivity contribution in [2.24, 2.45) is 5.41 Å². The third kappa shape index (κ3) is 2.42. The second-order valence-electron chi connectivity index (χ2n) is 4.49. The van der Waals surface area contributed by atoms with Gasteiger partial charge < -0.3 is 14.8 Å². The van der Waals surface area contributed by atoms with E-state index in [0.29, 0.717) is 19.8 Å². The van der Waals surface area contributed by atoms with Crippen LogP contribution in [-0.2, 0) is 14.3 Å². The van der Waals surface area contributed by atoms with Gasteiger partial charge in [-0.3, -0.25) is 4.79 Å². The predicted molar refractivity (Wildman–Crippen MR) is 64.9 cm³/mol. The lowest BCUT2D eigenvalue weighted by molar-refractivity contribution is -0.180. The van der Waals surface area contributed by atoms with Gasteiger partial charge in [0.15, 0.2) is 0 Å². The molecule has 2 rings (SSSR count). The zero-order valence-corrected chi connectivity index (χ0v) is 10.2. The number of anilines is 1. The molecule has 0 saturated carbocycles. The van der Waals surface area contributed by atoms with E-state index in [1.807, 2.05) is 31.2 Å². The number of hydrogen-bond donors (Lipinski definition) is 1. The van der Waals surface area contributed by atoms with Crippen molar-refractivity contribution >= 4 is 11.7 Å². The highest BCUT2D eigenvalue weighted by molar-refractivity contribution is 5.78. The van der Waals surface area contributed by atoms with Gasteiger partial charge in [-0.05, 0) is 24.6 Å². The molecule has 1 aromatic rings. The van der Waals surface area contributed by atoms with Gasteiger partial charge in [-0.2, -0.15) is 0 Å². The van der Waals surface area contributed by atoms with Crippen molar-refractivity contribution in [3.63, 3.8) is 0 Å². The number of methoxy groups -OCH3 is 1. The molecule has 1 aliphatic rings. The fourth-order valence-corrected chi connectivity index (χ4v) is 1.88. The molecule has 1 saturated heterocycles. The van der Waals surface area contributed by atoms with Crippen LogP contribution < -0.4 is 5.32 Å². The average molecular weight is 235 g/mol. The van der Waals surface area contributed by atoms with Gasteiger partial charge in [0.1, 0.15) is 5.41 Å².